The van der Waals surface area contributed by atoms with E-state index in [0.717, 1.165) is 5.56 Å². The average molecular weight is 321 g/mol. The third-order valence-electron chi connectivity index (χ3n) is 3.55. The summed E-state index contributed by atoms with van der Waals surface area (Å²) in [7, 11) is 0. The smallest absolute Gasteiger partial charge is 0.222 e. The molecule has 2 N–H and O–H groups in total. The highest BCUT2D eigenvalue weighted by Crippen LogP contribution is 2.17. The van der Waals surface area contributed by atoms with Gasteiger partial charge in [-0.05, 0) is 30.7 Å². The van der Waals surface area contributed by atoms with Gasteiger partial charge in [0.25, 0.3) is 0 Å². The number of nitrogens with one attached hydrogen (secondary N) is 2. The summed E-state index contributed by atoms with van der Waals surface area (Å²) in [6.07, 6.45) is 0.280. The van der Waals surface area contributed by atoms with Crippen molar-refractivity contribution in [3.8, 4) is 6.07 Å². The second-order valence-electron chi connectivity index (χ2n) is 5.37. The van der Waals surface area contributed by atoms with Crippen LogP contribution in [0.25, 0.3) is 0 Å². The number of nitriles is 1. The monoisotopic (exact) mass is 321 g/mol. The molecule has 2 aromatic carbocycles. The topological polar surface area (TPSA) is 82.0 Å². The molecule has 0 saturated carbocycles. The Bertz CT molecular complexity index is 764. The lowest BCUT2D eigenvalue weighted by Gasteiger charge is -2.10. The number of ketones is 1. The van der Waals surface area contributed by atoms with E-state index < -0.39 is 0 Å². The molecule has 0 heterocycles. The predicted molar refractivity (Wildman–Crippen MR) is 92.6 cm³/mol. The summed E-state index contributed by atoms with van der Waals surface area (Å²) in [4.78, 5) is 23.3. The fourth-order valence-electron chi connectivity index (χ4n) is 2.20. The van der Waals surface area contributed by atoms with Crippen LogP contribution in [0.15, 0.2) is 48.5 Å². The molecule has 2 rings (SSSR count). The van der Waals surface area contributed by atoms with Gasteiger partial charge in [0.2, 0.25) is 5.91 Å². The Morgan fingerprint density at radius 3 is 2.54 bits per heavy atom. The van der Waals surface area contributed by atoms with Gasteiger partial charge in [-0.3, -0.25) is 9.59 Å². The maximum atomic E-state index is 11.9. The molecule has 0 atom stereocenters. The van der Waals surface area contributed by atoms with Crippen LogP contribution in [0.5, 0.6) is 0 Å². The van der Waals surface area contributed by atoms with Crippen molar-refractivity contribution in [3.05, 3.63) is 65.2 Å². The number of carbonyl (C=O) groups excluding carboxylic acids is 2. The summed E-state index contributed by atoms with van der Waals surface area (Å²) in [6, 6.07) is 16.6. The first-order valence-electron chi connectivity index (χ1n) is 7.69. The zero-order chi connectivity index (χ0) is 17.4. The Morgan fingerprint density at radius 2 is 1.88 bits per heavy atom. The molecule has 0 aliphatic heterocycles. The van der Waals surface area contributed by atoms with Crippen molar-refractivity contribution in [3.63, 3.8) is 0 Å². The zero-order valence-electron chi connectivity index (χ0n) is 13.5. The molecule has 5 heteroatoms. The minimum atomic E-state index is -0.0763. The van der Waals surface area contributed by atoms with Crippen molar-refractivity contribution in [1.82, 2.24) is 5.32 Å². The number of hydrogen-bond acceptors (Lipinski definition) is 4. The molecule has 0 spiro atoms. The fraction of sp³-hybridized carbons (Fsp3) is 0.211. The summed E-state index contributed by atoms with van der Waals surface area (Å²) in [6.45, 7) is 2.35. The molecule has 0 saturated heterocycles. The number of amides is 1. The Hall–Kier alpha value is -3.13. The van der Waals surface area contributed by atoms with Gasteiger partial charge in [0.1, 0.15) is 6.07 Å². The number of anilines is 1. The molecule has 24 heavy (non-hydrogen) atoms. The van der Waals surface area contributed by atoms with E-state index >= 15 is 0 Å². The van der Waals surface area contributed by atoms with Crippen molar-refractivity contribution >= 4 is 17.4 Å². The lowest BCUT2D eigenvalue weighted by Crippen LogP contribution is -2.24. The van der Waals surface area contributed by atoms with Crippen LogP contribution in [-0.4, -0.2) is 18.2 Å². The lowest BCUT2D eigenvalue weighted by atomic mass is 10.1. The minimum Gasteiger partial charge on any atom is -0.383 e. The van der Waals surface area contributed by atoms with Gasteiger partial charge in [0.05, 0.1) is 11.3 Å². The van der Waals surface area contributed by atoms with Crippen LogP contribution in [0.4, 0.5) is 5.69 Å². The van der Waals surface area contributed by atoms with Crippen LogP contribution < -0.4 is 10.6 Å². The Kier molecular flexibility index (Phi) is 6.09. The molecule has 0 aliphatic rings. The van der Waals surface area contributed by atoms with Gasteiger partial charge in [0.15, 0.2) is 5.78 Å². The molecule has 5 nitrogen and oxygen atoms in total. The van der Waals surface area contributed by atoms with E-state index in [9.17, 15) is 9.59 Å². The highest BCUT2D eigenvalue weighted by Gasteiger charge is 2.07. The Balaban J connectivity index is 1.85. The van der Waals surface area contributed by atoms with Crippen molar-refractivity contribution in [2.24, 2.45) is 0 Å². The van der Waals surface area contributed by atoms with Crippen LogP contribution in [-0.2, 0) is 11.3 Å². The fourth-order valence-corrected chi connectivity index (χ4v) is 2.20. The third kappa shape index (κ3) is 4.96. The average Bonchev–Trinajstić information content (AvgIpc) is 2.60. The van der Waals surface area contributed by atoms with Crippen LogP contribution in [0.1, 0.15) is 34.8 Å². The van der Waals surface area contributed by atoms with E-state index in [-0.39, 0.29) is 18.1 Å². The highest BCUT2D eigenvalue weighted by atomic mass is 16.1. The SMILES string of the molecule is CC(=O)c1ccc(C#N)c(NCCC(=O)NCc2ccccc2)c1. The molecular weight excluding hydrogens is 302 g/mol. The van der Waals surface area contributed by atoms with Crippen molar-refractivity contribution in [1.29, 1.82) is 5.26 Å². The zero-order valence-corrected chi connectivity index (χ0v) is 13.5. The molecule has 0 aromatic heterocycles. The maximum absolute atomic E-state index is 11.9. The van der Waals surface area contributed by atoms with Crippen LogP contribution in [0.2, 0.25) is 0 Å². The Morgan fingerprint density at radius 1 is 1.12 bits per heavy atom. The quantitative estimate of drug-likeness (QED) is 0.768. The van der Waals surface area contributed by atoms with E-state index in [1.807, 2.05) is 30.3 Å². The van der Waals surface area contributed by atoms with E-state index in [0.29, 0.717) is 29.9 Å². The van der Waals surface area contributed by atoms with E-state index in [1.165, 1.54) is 6.92 Å². The molecule has 0 bridgehead atoms. The van der Waals surface area contributed by atoms with Gasteiger partial charge in [-0.1, -0.05) is 30.3 Å². The summed E-state index contributed by atoms with van der Waals surface area (Å²) in [5.74, 6) is -0.143. The first-order valence-corrected chi connectivity index (χ1v) is 7.69. The second-order valence-corrected chi connectivity index (χ2v) is 5.37. The number of benzene rings is 2. The first kappa shape index (κ1) is 17.2. The minimum absolute atomic E-state index is 0.0665. The standard InChI is InChI=1S/C19H19N3O2/c1-14(23)16-7-8-17(12-20)18(11-16)21-10-9-19(24)22-13-15-5-3-2-4-6-15/h2-8,11,21H,9-10,13H2,1H3,(H,22,24). The first-order chi connectivity index (χ1) is 11.6. The molecule has 0 unspecified atom stereocenters. The van der Waals surface area contributed by atoms with E-state index in [1.54, 1.807) is 18.2 Å². The number of carbonyl (C=O) groups is 2. The highest BCUT2D eigenvalue weighted by molar-refractivity contribution is 5.95. The molecule has 0 fully saturated rings. The largest absolute Gasteiger partial charge is 0.383 e. The normalized spacial score (nSPS) is 9.83. The van der Waals surface area contributed by atoms with Crippen LogP contribution >= 0.6 is 0 Å². The van der Waals surface area contributed by atoms with Gasteiger partial charge in [-0.25, -0.2) is 0 Å². The summed E-state index contributed by atoms with van der Waals surface area (Å²) < 4.78 is 0. The summed E-state index contributed by atoms with van der Waals surface area (Å²) >= 11 is 0. The molecule has 122 valence electrons. The molecule has 1 amide bonds. The number of nitrogens with zero attached hydrogens (tertiary/aromatic N) is 1. The van der Waals surface area contributed by atoms with E-state index in [2.05, 4.69) is 16.7 Å². The number of Topliss-reactive ketones (excluding diaryl/α,β-unsaturated/α-hetero) is 1. The number of hydrogen-bond donors (Lipinski definition) is 2. The number of rotatable bonds is 7. The predicted octanol–water partition coefficient (Wildman–Crippen LogP) is 2.88. The van der Waals surface area contributed by atoms with Gasteiger partial charge < -0.3 is 10.6 Å². The van der Waals surface area contributed by atoms with Crippen LogP contribution in [0, 0.1) is 11.3 Å². The van der Waals surface area contributed by atoms with Crippen molar-refractivity contribution in [2.75, 3.05) is 11.9 Å². The lowest BCUT2D eigenvalue weighted by molar-refractivity contribution is -0.121. The maximum Gasteiger partial charge on any atom is 0.222 e. The van der Waals surface area contributed by atoms with E-state index in [4.69, 9.17) is 5.26 Å². The van der Waals surface area contributed by atoms with Crippen LogP contribution in [0.3, 0.4) is 0 Å². The molecule has 2 aromatic rings. The Labute approximate surface area is 141 Å². The van der Waals surface area contributed by atoms with Crippen molar-refractivity contribution in [2.45, 2.75) is 19.9 Å². The van der Waals surface area contributed by atoms with Crippen molar-refractivity contribution < 1.29 is 9.59 Å². The van der Waals surface area contributed by atoms with Gasteiger partial charge in [-0.2, -0.15) is 5.26 Å². The summed E-state index contributed by atoms with van der Waals surface area (Å²) in [5, 5.41) is 15.0. The third-order valence-corrected chi connectivity index (χ3v) is 3.55. The molecule has 0 radical (unpaired) electrons. The summed E-state index contributed by atoms with van der Waals surface area (Å²) in [5.41, 5.74) is 2.59. The molecular formula is C19H19N3O2. The molecule has 0 aliphatic carbocycles. The van der Waals surface area contributed by atoms with Gasteiger partial charge in [-0.15, -0.1) is 0 Å². The second kappa shape index (κ2) is 8.49. The van der Waals surface area contributed by atoms with Gasteiger partial charge >= 0.3 is 0 Å². The van der Waals surface area contributed by atoms with Gasteiger partial charge in [0, 0.05) is 25.1 Å².